The summed E-state index contributed by atoms with van der Waals surface area (Å²) >= 11 is 0. The van der Waals surface area contributed by atoms with Gasteiger partial charge in [0.15, 0.2) is 0 Å². The lowest BCUT2D eigenvalue weighted by atomic mass is 10.1. The fourth-order valence-electron chi connectivity index (χ4n) is 1.58. The molecule has 0 aliphatic rings. The highest BCUT2D eigenvalue weighted by atomic mass is 19.3. The molecule has 2 aromatic carbocycles. The van der Waals surface area contributed by atoms with Crippen LogP contribution in [0.5, 0.6) is 0 Å². The molecule has 0 amide bonds. The van der Waals surface area contributed by atoms with Crippen LogP contribution in [0.3, 0.4) is 0 Å². The Kier molecular flexibility index (Phi) is 3.41. The maximum atomic E-state index is 13.4. The third-order valence-electron chi connectivity index (χ3n) is 2.45. The first-order chi connectivity index (χ1) is 8.58. The second-order valence-electron chi connectivity index (χ2n) is 3.75. The van der Waals surface area contributed by atoms with Gasteiger partial charge in [0.2, 0.25) is 0 Å². The standard InChI is InChI=1S/C13H11F3N2/c14-10-3-1-2-4-12(10)18-11-6-5-8(17)7-9(11)13(15)16/h1-7,13,18H,17H2. The largest absolute Gasteiger partial charge is 0.399 e. The number of benzene rings is 2. The average Bonchev–Trinajstić information content (AvgIpc) is 2.34. The van der Waals surface area contributed by atoms with Crippen molar-refractivity contribution in [3.8, 4) is 0 Å². The summed E-state index contributed by atoms with van der Waals surface area (Å²) in [6.07, 6.45) is -2.68. The van der Waals surface area contributed by atoms with E-state index in [2.05, 4.69) is 5.32 Å². The first kappa shape index (κ1) is 12.3. The van der Waals surface area contributed by atoms with Gasteiger partial charge in [-0.3, -0.25) is 0 Å². The van der Waals surface area contributed by atoms with E-state index in [4.69, 9.17) is 5.73 Å². The van der Waals surface area contributed by atoms with Crippen LogP contribution < -0.4 is 11.1 Å². The Labute approximate surface area is 102 Å². The number of hydrogen-bond donors (Lipinski definition) is 2. The van der Waals surface area contributed by atoms with Crippen molar-refractivity contribution in [1.82, 2.24) is 0 Å². The molecule has 0 spiro atoms. The minimum absolute atomic E-state index is 0.143. The molecule has 0 saturated heterocycles. The Hall–Kier alpha value is -2.17. The zero-order chi connectivity index (χ0) is 13.1. The van der Waals surface area contributed by atoms with Gasteiger partial charge < -0.3 is 11.1 Å². The summed E-state index contributed by atoms with van der Waals surface area (Å²) in [5.74, 6) is -0.505. The van der Waals surface area contributed by atoms with Gasteiger partial charge in [-0.25, -0.2) is 13.2 Å². The van der Waals surface area contributed by atoms with Crippen molar-refractivity contribution in [2.45, 2.75) is 6.43 Å². The molecule has 0 bridgehead atoms. The van der Waals surface area contributed by atoms with Gasteiger partial charge in [0.1, 0.15) is 5.82 Å². The van der Waals surface area contributed by atoms with Gasteiger partial charge in [0.05, 0.1) is 5.69 Å². The number of hydrogen-bond acceptors (Lipinski definition) is 2. The third-order valence-corrected chi connectivity index (χ3v) is 2.45. The molecule has 5 heteroatoms. The molecule has 3 N–H and O–H groups in total. The van der Waals surface area contributed by atoms with Crippen molar-refractivity contribution in [2.75, 3.05) is 11.1 Å². The van der Waals surface area contributed by atoms with Gasteiger partial charge in [-0.1, -0.05) is 12.1 Å². The zero-order valence-electron chi connectivity index (χ0n) is 9.33. The number of nitrogens with two attached hydrogens (primary N) is 1. The first-order valence-electron chi connectivity index (χ1n) is 5.27. The Balaban J connectivity index is 2.37. The second kappa shape index (κ2) is 5.00. The molecule has 2 aromatic rings. The lowest BCUT2D eigenvalue weighted by Crippen LogP contribution is -1.99. The maximum Gasteiger partial charge on any atom is 0.265 e. The summed E-state index contributed by atoms with van der Waals surface area (Å²) in [4.78, 5) is 0. The molecule has 94 valence electrons. The molecule has 0 aromatic heterocycles. The van der Waals surface area contributed by atoms with Crippen LogP contribution in [0, 0.1) is 5.82 Å². The third kappa shape index (κ3) is 2.56. The van der Waals surface area contributed by atoms with Crippen molar-refractivity contribution in [3.63, 3.8) is 0 Å². The molecular formula is C13H11F3N2. The van der Waals surface area contributed by atoms with E-state index in [9.17, 15) is 13.2 Å². The van der Waals surface area contributed by atoms with Gasteiger partial charge in [0.25, 0.3) is 6.43 Å². The molecule has 0 heterocycles. The molecule has 2 rings (SSSR count). The minimum Gasteiger partial charge on any atom is -0.399 e. The van der Waals surface area contributed by atoms with Crippen LogP contribution in [-0.2, 0) is 0 Å². The van der Waals surface area contributed by atoms with Crippen LogP contribution in [0.25, 0.3) is 0 Å². The number of nitrogen functional groups attached to an aromatic ring is 1. The van der Waals surface area contributed by atoms with Gasteiger partial charge >= 0.3 is 0 Å². The summed E-state index contributed by atoms with van der Waals surface area (Å²) in [6, 6.07) is 9.93. The molecule has 0 atom stereocenters. The van der Waals surface area contributed by atoms with Crippen LogP contribution in [-0.4, -0.2) is 0 Å². The number of rotatable bonds is 3. The van der Waals surface area contributed by atoms with E-state index in [-0.39, 0.29) is 22.6 Å². The Morgan fingerprint density at radius 2 is 1.72 bits per heavy atom. The van der Waals surface area contributed by atoms with Crippen molar-refractivity contribution in [3.05, 3.63) is 53.8 Å². The van der Waals surface area contributed by atoms with Crippen LogP contribution in [0.2, 0.25) is 0 Å². The number of para-hydroxylation sites is 1. The molecule has 0 fully saturated rings. The van der Waals surface area contributed by atoms with E-state index in [1.165, 1.54) is 36.4 Å². The highest BCUT2D eigenvalue weighted by Gasteiger charge is 2.14. The Morgan fingerprint density at radius 1 is 1.00 bits per heavy atom. The molecule has 0 aliphatic carbocycles. The van der Waals surface area contributed by atoms with Crippen LogP contribution >= 0.6 is 0 Å². The van der Waals surface area contributed by atoms with E-state index >= 15 is 0 Å². The van der Waals surface area contributed by atoms with Crippen molar-refractivity contribution >= 4 is 17.1 Å². The first-order valence-corrected chi connectivity index (χ1v) is 5.27. The summed E-state index contributed by atoms with van der Waals surface area (Å²) in [6.45, 7) is 0. The second-order valence-corrected chi connectivity index (χ2v) is 3.75. The highest BCUT2D eigenvalue weighted by molar-refractivity contribution is 5.66. The van der Waals surface area contributed by atoms with E-state index in [1.807, 2.05) is 0 Å². The molecule has 2 nitrogen and oxygen atoms in total. The quantitative estimate of drug-likeness (QED) is 0.807. The average molecular weight is 252 g/mol. The van der Waals surface area contributed by atoms with E-state index in [1.54, 1.807) is 6.07 Å². The Morgan fingerprint density at radius 3 is 2.39 bits per heavy atom. The number of nitrogens with one attached hydrogen (secondary N) is 1. The summed E-state index contributed by atoms with van der Waals surface area (Å²) in [7, 11) is 0. The van der Waals surface area contributed by atoms with Gasteiger partial charge in [0, 0.05) is 16.9 Å². The van der Waals surface area contributed by atoms with Gasteiger partial charge in [-0.2, -0.15) is 0 Å². The van der Waals surface area contributed by atoms with Crippen LogP contribution in [0.4, 0.5) is 30.2 Å². The van der Waals surface area contributed by atoms with E-state index in [0.29, 0.717) is 0 Å². The van der Waals surface area contributed by atoms with Crippen LogP contribution in [0.15, 0.2) is 42.5 Å². The summed E-state index contributed by atoms with van der Waals surface area (Å²) < 4.78 is 39.1. The number of anilines is 3. The predicted molar refractivity (Wildman–Crippen MR) is 65.5 cm³/mol. The molecule has 0 unspecified atom stereocenters. The lowest BCUT2D eigenvalue weighted by Gasteiger charge is -2.12. The minimum atomic E-state index is -2.68. The topological polar surface area (TPSA) is 38.0 Å². The number of halogens is 3. The summed E-state index contributed by atoms with van der Waals surface area (Å²) in [5.41, 5.74) is 5.73. The van der Waals surface area contributed by atoms with Crippen molar-refractivity contribution in [1.29, 1.82) is 0 Å². The van der Waals surface area contributed by atoms with E-state index < -0.39 is 12.2 Å². The van der Waals surface area contributed by atoms with Crippen molar-refractivity contribution < 1.29 is 13.2 Å². The molecule has 18 heavy (non-hydrogen) atoms. The van der Waals surface area contributed by atoms with Crippen molar-refractivity contribution in [2.24, 2.45) is 0 Å². The molecular weight excluding hydrogens is 241 g/mol. The maximum absolute atomic E-state index is 13.4. The van der Waals surface area contributed by atoms with Crippen LogP contribution in [0.1, 0.15) is 12.0 Å². The van der Waals surface area contributed by atoms with Gasteiger partial charge in [-0.05, 0) is 30.3 Å². The fourth-order valence-corrected chi connectivity index (χ4v) is 1.58. The SMILES string of the molecule is Nc1ccc(Nc2ccccc2F)c(C(F)F)c1. The van der Waals surface area contributed by atoms with Gasteiger partial charge in [-0.15, -0.1) is 0 Å². The molecule has 0 saturated carbocycles. The molecule has 0 aliphatic heterocycles. The molecule has 0 radical (unpaired) electrons. The fraction of sp³-hybridized carbons (Fsp3) is 0.0769. The Bertz CT molecular complexity index is 556. The zero-order valence-corrected chi connectivity index (χ0v) is 9.33. The van der Waals surface area contributed by atoms with E-state index in [0.717, 1.165) is 0 Å². The normalized spacial score (nSPS) is 10.7. The number of alkyl halides is 2. The predicted octanol–water partition coefficient (Wildman–Crippen LogP) is 4.09. The lowest BCUT2D eigenvalue weighted by molar-refractivity contribution is 0.152. The smallest absolute Gasteiger partial charge is 0.265 e. The summed E-state index contributed by atoms with van der Waals surface area (Å²) in [5, 5.41) is 2.64. The highest BCUT2D eigenvalue weighted by Crippen LogP contribution is 2.31. The monoisotopic (exact) mass is 252 g/mol.